The third-order valence-corrected chi connectivity index (χ3v) is 2.69. The van der Waals surface area contributed by atoms with Crippen molar-refractivity contribution in [2.24, 2.45) is 0 Å². The van der Waals surface area contributed by atoms with E-state index >= 15 is 0 Å². The van der Waals surface area contributed by atoms with Gasteiger partial charge in [0.15, 0.2) is 0 Å². The number of tetrazole rings is 1. The normalized spacial score (nSPS) is 12.3. The van der Waals surface area contributed by atoms with E-state index in [0.29, 0.717) is 19.4 Å². The number of H-pyrrole nitrogens is 1. The number of nitrogens with zero attached hydrogens (tertiary/aromatic N) is 5. The van der Waals surface area contributed by atoms with E-state index in [4.69, 9.17) is 0 Å². The number of carbonyl (C=O) groups excluding carboxylic acids is 1. The van der Waals surface area contributed by atoms with Gasteiger partial charge in [-0.05, 0) is 30.7 Å². The first-order chi connectivity index (χ1) is 9.15. The average Bonchev–Trinajstić information content (AvgIpc) is 3.00. The summed E-state index contributed by atoms with van der Waals surface area (Å²) < 4.78 is 1.60. The standard InChI is InChI=1S/C11H17N7O/c1-8-6-12-11(14-8)9(2)15-10(19)4-3-5-18-7-13-16-17-18/h6-7,9H,3-5H2,1-2H3,(H,12,14)(H,15,19)/t9-/m1/s1. The lowest BCUT2D eigenvalue weighted by Gasteiger charge is -2.11. The van der Waals surface area contributed by atoms with Gasteiger partial charge in [0.05, 0.1) is 6.04 Å². The molecule has 0 aliphatic heterocycles. The van der Waals surface area contributed by atoms with Crippen LogP contribution in [0.15, 0.2) is 12.5 Å². The molecule has 0 spiro atoms. The van der Waals surface area contributed by atoms with Gasteiger partial charge in [-0.1, -0.05) is 0 Å². The number of amides is 1. The van der Waals surface area contributed by atoms with E-state index in [-0.39, 0.29) is 11.9 Å². The van der Waals surface area contributed by atoms with Crippen molar-refractivity contribution >= 4 is 5.91 Å². The highest BCUT2D eigenvalue weighted by Gasteiger charge is 2.11. The number of rotatable bonds is 6. The fraction of sp³-hybridized carbons (Fsp3) is 0.545. The molecule has 0 aliphatic rings. The first-order valence-electron chi connectivity index (χ1n) is 6.17. The summed E-state index contributed by atoms with van der Waals surface area (Å²) >= 11 is 0. The molecule has 0 unspecified atom stereocenters. The molecular weight excluding hydrogens is 246 g/mol. The summed E-state index contributed by atoms with van der Waals surface area (Å²) in [4.78, 5) is 19.0. The van der Waals surface area contributed by atoms with E-state index in [1.165, 1.54) is 6.33 Å². The summed E-state index contributed by atoms with van der Waals surface area (Å²) in [7, 11) is 0. The van der Waals surface area contributed by atoms with E-state index in [1.807, 2.05) is 13.8 Å². The van der Waals surface area contributed by atoms with Crippen LogP contribution in [0, 0.1) is 6.92 Å². The Kier molecular flexibility index (Phi) is 4.22. The lowest BCUT2D eigenvalue weighted by atomic mass is 10.2. The molecule has 8 heteroatoms. The van der Waals surface area contributed by atoms with E-state index < -0.39 is 0 Å². The minimum absolute atomic E-state index is 0.00497. The van der Waals surface area contributed by atoms with Crippen molar-refractivity contribution in [1.29, 1.82) is 0 Å². The molecule has 1 amide bonds. The number of hydrogen-bond donors (Lipinski definition) is 2. The third kappa shape index (κ3) is 3.87. The second-order valence-electron chi connectivity index (χ2n) is 4.42. The zero-order chi connectivity index (χ0) is 13.7. The maximum atomic E-state index is 11.7. The molecule has 0 bridgehead atoms. The summed E-state index contributed by atoms with van der Waals surface area (Å²) in [5.74, 6) is 0.765. The number of aromatic nitrogens is 6. The van der Waals surface area contributed by atoms with Crippen LogP contribution in [-0.4, -0.2) is 36.1 Å². The first kappa shape index (κ1) is 13.2. The summed E-state index contributed by atoms with van der Waals surface area (Å²) in [6.45, 7) is 4.46. The lowest BCUT2D eigenvalue weighted by Crippen LogP contribution is -2.27. The minimum atomic E-state index is -0.116. The fourth-order valence-electron chi connectivity index (χ4n) is 1.72. The molecule has 0 radical (unpaired) electrons. The Morgan fingerprint density at radius 3 is 3.05 bits per heavy atom. The summed E-state index contributed by atoms with van der Waals surface area (Å²) in [5, 5.41) is 13.7. The number of aromatic amines is 1. The van der Waals surface area contributed by atoms with Gasteiger partial charge in [-0.15, -0.1) is 5.10 Å². The van der Waals surface area contributed by atoms with Gasteiger partial charge in [0.2, 0.25) is 5.91 Å². The van der Waals surface area contributed by atoms with Crippen LogP contribution in [0.5, 0.6) is 0 Å². The van der Waals surface area contributed by atoms with Crippen molar-refractivity contribution in [1.82, 2.24) is 35.5 Å². The number of carbonyl (C=O) groups is 1. The van der Waals surface area contributed by atoms with E-state index in [1.54, 1.807) is 10.9 Å². The van der Waals surface area contributed by atoms with Crippen molar-refractivity contribution < 1.29 is 4.79 Å². The summed E-state index contributed by atoms with van der Waals surface area (Å²) in [5.41, 5.74) is 0.981. The van der Waals surface area contributed by atoms with E-state index in [2.05, 4.69) is 30.8 Å². The zero-order valence-electron chi connectivity index (χ0n) is 11.0. The van der Waals surface area contributed by atoms with Crippen LogP contribution in [0.2, 0.25) is 0 Å². The van der Waals surface area contributed by atoms with Gasteiger partial charge in [-0.2, -0.15) is 0 Å². The smallest absolute Gasteiger partial charge is 0.220 e. The second kappa shape index (κ2) is 6.07. The number of hydrogen-bond acceptors (Lipinski definition) is 5. The van der Waals surface area contributed by atoms with Gasteiger partial charge >= 0.3 is 0 Å². The lowest BCUT2D eigenvalue weighted by molar-refractivity contribution is -0.121. The molecule has 0 aromatic carbocycles. The molecule has 2 aromatic heterocycles. The molecule has 0 saturated heterocycles. The highest BCUT2D eigenvalue weighted by Crippen LogP contribution is 2.08. The Balaban J connectivity index is 1.72. The van der Waals surface area contributed by atoms with Gasteiger partial charge in [0.25, 0.3) is 0 Å². The molecular formula is C11H17N7O. The zero-order valence-corrected chi connectivity index (χ0v) is 11.0. The molecule has 19 heavy (non-hydrogen) atoms. The number of aryl methyl sites for hydroxylation is 2. The van der Waals surface area contributed by atoms with Crippen LogP contribution in [0.4, 0.5) is 0 Å². The highest BCUT2D eigenvalue weighted by atomic mass is 16.1. The van der Waals surface area contributed by atoms with Crippen molar-refractivity contribution in [2.45, 2.75) is 39.3 Å². The van der Waals surface area contributed by atoms with Crippen LogP contribution in [0.1, 0.15) is 37.3 Å². The Morgan fingerprint density at radius 2 is 2.42 bits per heavy atom. The predicted octanol–water partition coefficient (Wildman–Crippen LogP) is 0.362. The third-order valence-electron chi connectivity index (χ3n) is 2.69. The highest BCUT2D eigenvalue weighted by molar-refractivity contribution is 5.76. The second-order valence-corrected chi connectivity index (χ2v) is 4.42. The molecule has 0 fully saturated rings. The fourth-order valence-corrected chi connectivity index (χ4v) is 1.72. The number of imidazole rings is 1. The van der Waals surface area contributed by atoms with Crippen LogP contribution in [0.25, 0.3) is 0 Å². The van der Waals surface area contributed by atoms with Crippen LogP contribution in [-0.2, 0) is 11.3 Å². The Bertz CT molecular complexity index is 519. The first-order valence-corrected chi connectivity index (χ1v) is 6.17. The quantitative estimate of drug-likeness (QED) is 0.783. The Morgan fingerprint density at radius 1 is 1.58 bits per heavy atom. The maximum absolute atomic E-state index is 11.7. The minimum Gasteiger partial charge on any atom is -0.346 e. The van der Waals surface area contributed by atoms with Crippen molar-refractivity contribution in [2.75, 3.05) is 0 Å². The SMILES string of the molecule is Cc1cnc([C@@H](C)NC(=O)CCCn2cnnn2)[nH]1. The van der Waals surface area contributed by atoms with Crippen molar-refractivity contribution in [3.05, 3.63) is 24.0 Å². The average molecular weight is 263 g/mol. The monoisotopic (exact) mass is 263 g/mol. The topological polar surface area (TPSA) is 101 Å². The van der Waals surface area contributed by atoms with Crippen LogP contribution < -0.4 is 5.32 Å². The molecule has 102 valence electrons. The summed E-state index contributed by atoms with van der Waals surface area (Å²) in [6, 6.07) is -0.116. The van der Waals surface area contributed by atoms with Crippen molar-refractivity contribution in [3.63, 3.8) is 0 Å². The molecule has 0 saturated carbocycles. The van der Waals surface area contributed by atoms with Crippen LogP contribution >= 0.6 is 0 Å². The van der Waals surface area contributed by atoms with Crippen LogP contribution in [0.3, 0.4) is 0 Å². The summed E-state index contributed by atoms with van der Waals surface area (Å²) in [6.07, 6.45) is 4.41. The largest absolute Gasteiger partial charge is 0.346 e. The number of nitrogens with one attached hydrogen (secondary N) is 2. The maximum Gasteiger partial charge on any atom is 0.220 e. The molecule has 2 N–H and O–H groups in total. The van der Waals surface area contributed by atoms with Gasteiger partial charge in [-0.25, -0.2) is 9.67 Å². The van der Waals surface area contributed by atoms with E-state index in [0.717, 1.165) is 11.5 Å². The molecule has 2 aromatic rings. The predicted molar refractivity (Wildman–Crippen MR) is 66.9 cm³/mol. The molecule has 2 rings (SSSR count). The van der Waals surface area contributed by atoms with E-state index in [9.17, 15) is 4.79 Å². The van der Waals surface area contributed by atoms with Gasteiger partial charge in [0, 0.05) is 24.9 Å². The molecule has 8 nitrogen and oxygen atoms in total. The molecule has 0 aliphatic carbocycles. The molecule has 1 atom stereocenters. The van der Waals surface area contributed by atoms with Gasteiger partial charge in [-0.3, -0.25) is 4.79 Å². The Hall–Kier alpha value is -2.25. The van der Waals surface area contributed by atoms with Gasteiger partial charge < -0.3 is 10.3 Å². The Labute approximate surface area is 110 Å². The van der Waals surface area contributed by atoms with Gasteiger partial charge in [0.1, 0.15) is 12.2 Å². The van der Waals surface area contributed by atoms with Crippen molar-refractivity contribution in [3.8, 4) is 0 Å². The molecule has 2 heterocycles.